The van der Waals surface area contributed by atoms with Crippen molar-refractivity contribution in [3.05, 3.63) is 65.2 Å². The number of rotatable bonds is 4. The van der Waals surface area contributed by atoms with E-state index in [-0.39, 0.29) is 17.9 Å². The number of carbonyl (C=O) groups is 2. The topological polar surface area (TPSA) is 49.4 Å². The summed E-state index contributed by atoms with van der Waals surface area (Å²) in [6.45, 7) is 1.96. The molecule has 1 aliphatic rings. The molecule has 0 aromatic heterocycles. The van der Waals surface area contributed by atoms with Crippen LogP contribution in [0.25, 0.3) is 0 Å². The molecule has 0 radical (unpaired) electrons. The highest BCUT2D eigenvalue weighted by atomic mass is 16.2. The summed E-state index contributed by atoms with van der Waals surface area (Å²) < 4.78 is 0. The molecule has 136 valence electrons. The van der Waals surface area contributed by atoms with E-state index < -0.39 is 0 Å². The van der Waals surface area contributed by atoms with Gasteiger partial charge in [0.05, 0.1) is 11.3 Å². The van der Waals surface area contributed by atoms with Gasteiger partial charge in [0, 0.05) is 18.7 Å². The minimum atomic E-state index is -0.119. The molecule has 1 aliphatic carbocycles. The number of carbonyl (C=O) groups excluding carboxylic acids is 2. The molecule has 1 N–H and O–H groups in total. The van der Waals surface area contributed by atoms with E-state index in [1.54, 1.807) is 24.1 Å². The van der Waals surface area contributed by atoms with Crippen LogP contribution in [0, 0.1) is 6.92 Å². The highest BCUT2D eigenvalue weighted by Crippen LogP contribution is 2.23. The van der Waals surface area contributed by atoms with Crippen LogP contribution in [0.1, 0.15) is 58.4 Å². The van der Waals surface area contributed by atoms with Gasteiger partial charge in [-0.2, -0.15) is 0 Å². The van der Waals surface area contributed by atoms with E-state index in [4.69, 9.17) is 0 Å². The molecule has 0 saturated heterocycles. The Hall–Kier alpha value is -2.62. The quantitative estimate of drug-likeness (QED) is 0.892. The first-order valence-electron chi connectivity index (χ1n) is 9.31. The zero-order valence-corrected chi connectivity index (χ0v) is 15.5. The third kappa shape index (κ3) is 4.13. The molecule has 3 rings (SSSR count). The normalized spacial score (nSPS) is 14.7. The van der Waals surface area contributed by atoms with Crippen LogP contribution >= 0.6 is 0 Å². The maximum absolute atomic E-state index is 12.9. The summed E-state index contributed by atoms with van der Waals surface area (Å²) in [6, 6.07) is 15.0. The fourth-order valence-corrected chi connectivity index (χ4v) is 3.55. The predicted octanol–water partition coefficient (Wildman–Crippen LogP) is 4.33. The smallest absolute Gasteiger partial charge is 0.258 e. The van der Waals surface area contributed by atoms with Crippen molar-refractivity contribution < 1.29 is 9.59 Å². The van der Waals surface area contributed by atoms with Gasteiger partial charge in [-0.25, -0.2) is 0 Å². The zero-order valence-electron chi connectivity index (χ0n) is 15.5. The van der Waals surface area contributed by atoms with Crippen LogP contribution in [-0.4, -0.2) is 24.9 Å². The molecule has 2 amide bonds. The Morgan fingerprint density at radius 1 is 1.00 bits per heavy atom. The second-order valence-corrected chi connectivity index (χ2v) is 7.06. The van der Waals surface area contributed by atoms with Crippen LogP contribution in [0.5, 0.6) is 0 Å². The Morgan fingerprint density at radius 2 is 1.73 bits per heavy atom. The number of benzene rings is 2. The Balaban J connectivity index is 1.81. The number of nitrogens with one attached hydrogen (secondary N) is 1. The average Bonchev–Trinajstić information content (AvgIpc) is 2.67. The molecular weight excluding hydrogens is 324 g/mol. The molecule has 2 aromatic carbocycles. The molecule has 0 aliphatic heterocycles. The molecule has 4 heteroatoms. The molecule has 0 spiro atoms. The minimum Gasteiger partial charge on any atom is -0.349 e. The highest BCUT2D eigenvalue weighted by Gasteiger charge is 2.22. The third-order valence-corrected chi connectivity index (χ3v) is 5.02. The van der Waals surface area contributed by atoms with E-state index >= 15 is 0 Å². The second kappa shape index (κ2) is 8.17. The van der Waals surface area contributed by atoms with Crippen molar-refractivity contribution in [1.29, 1.82) is 0 Å². The van der Waals surface area contributed by atoms with Gasteiger partial charge < -0.3 is 10.2 Å². The SMILES string of the molecule is Cc1cccc(C(=O)N(C)c2ccccc2C(=O)NC2CCCCC2)c1. The number of para-hydroxylation sites is 1. The van der Waals surface area contributed by atoms with Gasteiger partial charge in [0.15, 0.2) is 0 Å². The monoisotopic (exact) mass is 350 g/mol. The molecule has 0 unspecified atom stereocenters. The van der Waals surface area contributed by atoms with Gasteiger partial charge in [-0.15, -0.1) is 0 Å². The number of amides is 2. The van der Waals surface area contributed by atoms with Crippen LogP contribution in [-0.2, 0) is 0 Å². The van der Waals surface area contributed by atoms with Crippen molar-refractivity contribution >= 4 is 17.5 Å². The number of aryl methyl sites for hydroxylation is 1. The number of nitrogens with zero attached hydrogens (tertiary/aromatic N) is 1. The van der Waals surface area contributed by atoms with Crippen molar-refractivity contribution in [2.24, 2.45) is 0 Å². The Bertz CT molecular complexity index is 794. The van der Waals surface area contributed by atoms with Crippen LogP contribution in [0.4, 0.5) is 5.69 Å². The lowest BCUT2D eigenvalue weighted by molar-refractivity contribution is 0.0928. The summed E-state index contributed by atoms with van der Waals surface area (Å²) in [5, 5.41) is 3.14. The highest BCUT2D eigenvalue weighted by molar-refractivity contribution is 6.10. The van der Waals surface area contributed by atoms with E-state index in [1.165, 1.54) is 19.3 Å². The summed E-state index contributed by atoms with van der Waals surface area (Å²) in [5.41, 5.74) is 2.83. The van der Waals surface area contributed by atoms with Crippen molar-refractivity contribution in [3.63, 3.8) is 0 Å². The maximum atomic E-state index is 12.9. The lowest BCUT2D eigenvalue weighted by Crippen LogP contribution is -2.37. The second-order valence-electron chi connectivity index (χ2n) is 7.06. The number of hydrogen-bond acceptors (Lipinski definition) is 2. The van der Waals surface area contributed by atoms with E-state index in [0.29, 0.717) is 16.8 Å². The maximum Gasteiger partial charge on any atom is 0.258 e. The fraction of sp³-hybridized carbons (Fsp3) is 0.364. The van der Waals surface area contributed by atoms with Crippen LogP contribution in [0.3, 0.4) is 0 Å². The van der Waals surface area contributed by atoms with Crippen molar-refractivity contribution in [1.82, 2.24) is 5.32 Å². The first-order valence-corrected chi connectivity index (χ1v) is 9.31. The Labute approximate surface area is 155 Å². The van der Waals surface area contributed by atoms with Crippen LogP contribution < -0.4 is 10.2 Å². The first kappa shape index (κ1) is 18.2. The van der Waals surface area contributed by atoms with Crippen LogP contribution in [0.15, 0.2) is 48.5 Å². The van der Waals surface area contributed by atoms with Crippen molar-refractivity contribution in [2.75, 3.05) is 11.9 Å². The Kier molecular flexibility index (Phi) is 5.71. The number of hydrogen-bond donors (Lipinski definition) is 1. The summed E-state index contributed by atoms with van der Waals surface area (Å²) >= 11 is 0. The molecule has 0 bridgehead atoms. The van der Waals surface area contributed by atoms with E-state index in [1.807, 2.05) is 43.3 Å². The predicted molar refractivity (Wildman–Crippen MR) is 105 cm³/mol. The van der Waals surface area contributed by atoms with E-state index in [0.717, 1.165) is 18.4 Å². The van der Waals surface area contributed by atoms with Gasteiger partial charge in [0.2, 0.25) is 0 Å². The Morgan fingerprint density at radius 3 is 2.46 bits per heavy atom. The number of anilines is 1. The van der Waals surface area contributed by atoms with Gasteiger partial charge in [-0.1, -0.05) is 49.1 Å². The molecule has 0 heterocycles. The van der Waals surface area contributed by atoms with Crippen LogP contribution in [0.2, 0.25) is 0 Å². The molecule has 0 atom stereocenters. The van der Waals surface area contributed by atoms with Crippen molar-refractivity contribution in [2.45, 2.75) is 45.1 Å². The standard InChI is InChI=1S/C22H26N2O2/c1-16-9-8-10-17(15-16)22(26)24(2)20-14-7-6-13-19(20)21(25)23-18-11-4-3-5-12-18/h6-10,13-15,18H,3-5,11-12H2,1-2H3,(H,23,25). The first-order chi connectivity index (χ1) is 12.6. The molecular formula is C22H26N2O2. The largest absolute Gasteiger partial charge is 0.349 e. The summed E-state index contributed by atoms with van der Waals surface area (Å²) in [7, 11) is 1.72. The van der Waals surface area contributed by atoms with Gasteiger partial charge in [-0.3, -0.25) is 9.59 Å². The minimum absolute atomic E-state index is 0.101. The molecule has 4 nitrogen and oxygen atoms in total. The molecule has 1 fully saturated rings. The lowest BCUT2D eigenvalue weighted by atomic mass is 9.95. The molecule has 26 heavy (non-hydrogen) atoms. The third-order valence-electron chi connectivity index (χ3n) is 5.02. The van der Waals surface area contributed by atoms with Gasteiger partial charge in [0.25, 0.3) is 11.8 Å². The summed E-state index contributed by atoms with van der Waals surface area (Å²) in [5.74, 6) is -0.219. The van der Waals surface area contributed by atoms with Crippen molar-refractivity contribution in [3.8, 4) is 0 Å². The van der Waals surface area contributed by atoms with Gasteiger partial charge >= 0.3 is 0 Å². The molecule has 1 saturated carbocycles. The fourth-order valence-electron chi connectivity index (χ4n) is 3.55. The van der Waals surface area contributed by atoms with E-state index in [2.05, 4.69) is 5.32 Å². The molecule has 2 aromatic rings. The zero-order chi connectivity index (χ0) is 18.5. The van der Waals surface area contributed by atoms with Gasteiger partial charge in [-0.05, 0) is 44.0 Å². The summed E-state index contributed by atoms with van der Waals surface area (Å²) in [6.07, 6.45) is 5.64. The lowest BCUT2D eigenvalue weighted by Gasteiger charge is -2.25. The van der Waals surface area contributed by atoms with E-state index in [9.17, 15) is 9.59 Å². The summed E-state index contributed by atoms with van der Waals surface area (Å²) in [4.78, 5) is 27.2. The van der Waals surface area contributed by atoms with Gasteiger partial charge in [0.1, 0.15) is 0 Å². The average molecular weight is 350 g/mol.